The van der Waals surface area contributed by atoms with Gasteiger partial charge in [-0.15, -0.1) is 11.3 Å². The fraction of sp³-hybridized carbons (Fsp3) is 0.419. The molecule has 6 nitrogen and oxygen atoms in total. The molecule has 1 saturated carbocycles. The number of nitrogen functional groups attached to an aromatic ring is 1. The molecule has 7 heteroatoms. The number of aliphatic hydroxyl groups excluding tert-OH is 1. The van der Waals surface area contributed by atoms with Gasteiger partial charge in [-0.25, -0.2) is 4.98 Å². The van der Waals surface area contributed by atoms with Crippen LogP contribution in [-0.4, -0.2) is 46.6 Å². The molecule has 0 radical (unpaired) electrons. The smallest absolute Gasteiger partial charge is 0.232 e. The van der Waals surface area contributed by atoms with Gasteiger partial charge < -0.3 is 16.2 Å². The van der Waals surface area contributed by atoms with Crippen molar-refractivity contribution >= 4 is 28.5 Å². The number of anilines is 1. The standard InChI is InChI=1S/C31H36N4O2S/c1-21-18-35(16-15-30(21)13-11-22-7-5-6-10-25(22)30)24-12-14-31(17-24,27-20-38-29(32)34-27)28(37)33-26(19-36)23-8-3-2-4-9-23/h2-11,13,20-21,24,26,36H,12,14-19H2,1H3,(H2,32,34)(H,33,37). The first-order valence-corrected chi connectivity index (χ1v) is 14.5. The molecule has 198 valence electrons. The molecule has 1 amide bonds. The largest absolute Gasteiger partial charge is 0.394 e. The summed E-state index contributed by atoms with van der Waals surface area (Å²) in [5, 5.41) is 15.7. The number of amides is 1. The third-order valence-corrected chi connectivity index (χ3v) is 10.0. The molecule has 6 rings (SSSR count). The van der Waals surface area contributed by atoms with Crippen molar-refractivity contribution in [2.24, 2.45) is 5.92 Å². The number of thiazole rings is 1. The number of hydrogen-bond donors (Lipinski definition) is 3. The topological polar surface area (TPSA) is 91.5 Å². The second-order valence-electron chi connectivity index (χ2n) is 11.3. The van der Waals surface area contributed by atoms with Crippen molar-refractivity contribution in [2.75, 3.05) is 25.4 Å². The van der Waals surface area contributed by atoms with E-state index in [-0.39, 0.29) is 17.9 Å². The van der Waals surface area contributed by atoms with Gasteiger partial charge in [0.25, 0.3) is 0 Å². The van der Waals surface area contributed by atoms with Crippen molar-refractivity contribution in [1.82, 2.24) is 15.2 Å². The average molecular weight is 529 g/mol. The lowest BCUT2D eigenvalue weighted by molar-refractivity contribution is -0.128. The fourth-order valence-corrected chi connectivity index (χ4v) is 7.83. The van der Waals surface area contributed by atoms with Gasteiger partial charge in [-0.2, -0.15) is 0 Å². The quantitative estimate of drug-likeness (QED) is 0.433. The first kappa shape index (κ1) is 25.3. The first-order valence-electron chi connectivity index (χ1n) is 13.7. The molecule has 2 fully saturated rings. The van der Waals surface area contributed by atoms with Gasteiger partial charge in [0.2, 0.25) is 5.91 Å². The van der Waals surface area contributed by atoms with Crippen LogP contribution in [0.25, 0.3) is 6.08 Å². The predicted octanol–water partition coefficient (Wildman–Crippen LogP) is 4.67. The van der Waals surface area contributed by atoms with E-state index in [9.17, 15) is 9.90 Å². The van der Waals surface area contributed by atoms with Crippen molar-refractivity contribution in [1.29, 1.82) is 0 Å². The van der Waals surface area contributed by atoms with E-state index < -0.39 is 11.5 Å². The van der Waals surface area contributed by atoms with Gasteiger partial charge in [0, 0.05) is 23.4 Å². The summed E-state index contributed by atoms with van der Waals surface area (Å²) in [5.74, 6) is 0.411. The van der Waals surface area contributed by atoms with E-state index >= 15 is 0 Å². The molecule has 2 aliphatic carbocycles. The lowest BCUT2D eigenvalue weighted by Crippen LogP contribution is -2.51. The second kappa shape index (κ2) is 9.95. The Morgan fingerprint density at radius 1 is 1.21 bits per heavy atom. The number of likely N-dealkylation sites (tertiary alicyclic amines) is 1. The van der Waals surface area contributed by atoms with Crippen molar-refractivity contribution in [2.45, 2.75) is 55.5 Å². The first-order chi connectivity index (χ1) is 18.4. The summed E-state index contributed by atoms with van der Waals surface area (Å²) in [6.45, 7) is 4.23. The summed E-state index contributed by atoms with van der Waals surface area (Å²) < 4.78 is 0. The van der Waals surface area contributed by atoms with E-state index in [1.165, 1.54) is 22.5 Å². The monoisotopic (exact) mass is 528 g/mol. The molecular formula is C31H36N4O2S. The van der Waals surface area contributed by atoms with Crippen LogP contribution in [0.2, 0.25) is 0 Å². The fourth-order valence-electron chi connectivity index (χ4n) is 7.16. The Bertz CT molecular complexity index is 1340. The number of carbonyl (C=O) groups is 1. The molecule has 2 heterocycles. The summed E-state index contributed by atoms with van der Waals surface area (Å²) in [4.78, 5) is 21.2. The number of allylic oxidation sites excluding steroid dienone is 1. The van der Waals surface area contributed by atoms with Crippen LogP contribution >= 0.6 is 11.3 Å². The van der Waals surface area contributed by atoms with Crippen LogP contribution in [0.15, 0.2) is 66.1 Å². The molecule has 1 aromatic heterocycles. The van der Waals surface area contributed by atoms with Gasteiger partial charge in [-0.05, 0) is 54.8 Å². The minimum Gasteiger partial charge on any atom is -0.394 e. The van der Waals surface area contributed by atoms with Gasteiger partial charge in [0.05, 0.1) is 23.8 Å². The molecule has 1 saturated heterocycles. The number of piperidine rings is 1. The zero-order chi connectivity index (χ0) is 26.3. The van der Waals surface area contributed by atoms with Gasteiger partial charge in [0.15, 0.2) is 5.13 Å². The maximum absolute atomic E-state index is 14.0. The summed E-state index contributed by atoms with van der Waals surface area (Å²) in [6.07, 6.45) is 8.18. The average Bonchev–Trinajstić information content (AvgIpc) is 3.68. The third-order valence-electron chi connectivity index (χ3n) is 9.36. The highest BCUT2D eigenvalue weighted by Gasteiger charge is 2.52. The Labute approximate surface area is 228 Å². The molecule has 2 aromatic carbocycles. The van der Waals surface area contributed by atoms with Crippen molar-refractivity contribution in [3.63, 3.8) is 0 Å². The Kier molecular flexibility index (Phi) is 6.62. The highest BCUT2D eigenvalue weighted by atomic mass is 32.1. The van der Waals surface area contributed by atoms with Crippen LogP contribution in [0.1, 0.15) is 61.0 Å². The number of nitrogens with one attached hydrogen (secondary N) is 1. The Morgan fingerprint density at radius 2 is 2.00 bits per heavy atom. The maximum atomic E-state index is 14.0. The number of fused-ring (bicyclic) bond motifs is 2. The van der Waals surface area contributed by atoms with Gasteiger partial charge in [-0.3, -0.25) is 9.69 Å². The summed E-state index contributed by atoms with van der Waals surface area (Å²) in [7, 11) is 0. The molecule has 1 aliphatic heterocycles. The molecule has 3 aliphatic rings. The molecule has 5 atom stereocenters. The van der Waals surface area contributed by atoms with Crippen LogP contribution < -0.4 is 11.1 Å². The molecule has 3 aromatic rings. The van der Waals surface area contributed by atoms with Gasteiger partial charge in [0.1, 0.15) is 0 Å². The predicted molar refractivity (Wildman–Crippen MR) is 153 cm³/mol. The molecule has 4 N–H and O–H groups in total. The van der Waals surface area contributed by atoms with E-state index in [1.54, 1.807) is 0 Å². The number of aromatic nitrogens is 1. The lowest BCUT2D eigenvalue weighted by atomic mass is 9.67. The highest BCUT2D eigenvalue weighted by molar-refractivity contribution is 7.13. The number of benzene rings is 2. The van der Waals surface area contributed by atoms with Crippen molar-refractivity contribution in [3.05, 3.63) is 88.4 Å². The van der Waals surface area contributed by atoms with E-state index in [4.69, 9.17) is 5.73 Å². The minimum absolute atomic E-state index is 0.0672. The molecule has 1 spiro atoms. The third kappa shape index (κ3) is 4.17. The SMILES string of the molecule is CC1CN(C2CCC(C(=O)NC(CO)c3ccccc3)(c3csc(N)n3)C2)CCC12C=Cc1ccccc12. The van der Waals surface area contributed by atoms with Crippen LogP contribution in [0, 0.1) is 5.92 Å². The van der Waals surface area contributed by atoms with Crippen LogP contribution in [0.3, 0.4) is 0 Å². The van der Waals surface area contributed by atoms with E-state index in [1.807, 2.05) is 35.7 Å². The lowest BCUT2D eigenvalue weighted by Gasteiger charge is -2.46. The minimum atomic E-state index is -0.751. The van der Waals surface area contributed by atoms with Crippen LogP contribution in [0.4, 0.5) is 5.13 Å². The highest BCUT2D eigenvalue weighted by Crippen LogP contribution is 2.50. The number of aliphatic hydroxyl groups is 1. The summed E-state index contributed by atoms with van der Waals surface area (Å²) in [6, 6.07) is 18.3. The van der Waals surface area contributed by atoms with E-state index in [0.29, 0.717) is 23.5 Å². The Balaban J connectivity index is 1.22. The number of hydrogen-bond acceptors (Lipinski definition) is 6. The maximum Gasteiger partial charge on any atom is 0.232 e. The molecule has 5 unspecified atom stereocenters. The van der Waals surface area contributed by atoms with Crippen molar-refractivity contribution < 1.29 is 9.90 Å². The van der Waals surface area contributed by atoms with Gasteiger partial charge >= 0.3 is 0 Å². The van der Waals surface area contributed by atoms with E-state index in [0.717, 1.165) is 43.6 Å². The van der Waals surface area contributed by atoms with Crippen LogP contribution in [0.5, 0.6) is 0 Å². The second-order valence-corrected chi connectivity index (χ2v) is 12.2. The number of nitrogens with zero attached hydrogens (tertiary/aromatic N) is 2. The molecular weight excluding hydrogens is 492 g/mol. The number of carbonyl (C=O) groups excluding carboxylic acids is 1. The molecule has 38 heavy (non-hydrogen) atoms. The Hall–Kier alpha value is -3.00. The van der Waals surface area contributed by atoms with Gasteiger partial charge in [-0.1, -0.05) is 73.7 Å². The van der Waals surface area contributed by atoms with Crippen LogP contribution in [-0.2, 0) is 15.6 Å². The number of nitrogens with two attached hydrogens (primary N) is 1. The zero-order valence-corrected chi connectivity index (χ0v) is 22.7. The normalized spacial score (nSPS) is 29.4. The summed E-state index contributed by atoms with van der Waals surface area (Å²) in [5.41, 5.74) is 9.86. The summed E-state index contributed by atoms with van der Waals surface area (Å²) >= 11 is 1.39. The molecule has 0 bridgehead atoms. The van der Waals surface area contributed by atoms with E-state index in [2.05, 4.69) is 58.5 Å². The zero-order valence-electron chi connectivity index (χ0n) is 21.8. The number of rotatable bonds is 6. The van der Waals surface area contributed by atoms with Crippen molar-refractivity contribution in [3.8, 4) is 0 Å². The Morgan fingerprint density at radius 3 is 2.74 bits per heavy atom.